The Morgan fingerprint density at radius 3 is 1.41 bits per heavy atom. The number of hydrogen-bond acceptors (Lipinski definition) is 17. The molecule has 7 aliphatic heterocycles. The van der Waals surface area contributed by atoms with Crippen LogP contribution in [-0.4, -0.2) is 151 Å². The Kier molecular flexibility index (Phi) is 29.7. The van der Waals surface area contributed by atoms with Crippen LogP contribution >= 0.6 is 0 Å². The van der Waals surface area contributed by atoms with Gasteiger partial charge in [0.2, 0.25) is 17.7 Å². The molecule has 0 aliphatic carbocycles. The van der Waals surface area contributed by atoms with E-state index in [1.165, 1.54) is 54.6 Å². The third-order valence-corrected chi connectivity index (χ3v) is 18.7. The van der Waals surface area contributed by atoms with Crippen LogP contribution in [0.2, 0.25) is 0 Å². The molecule has 0 radical (unpaired) electrons. The Hall–Kier alpha value is -12.0. The molecule has 570 valence electrons. The predicted octanol–water partition coefficient (Wildman–Crippen LogP) is 13.8. The number of rotatable bonds is 16. The van der Waals surface area contributed by atoms with Crippen molar-refractivity contribution in [2.24, 2.45) is 5.16 Å². The minimum atomic E-state index is -0.528. The van der Waals surface area contributed by atoms with Gasteiger partial charge >= 0.3 is 18.3 Å². The van der Waals surface area contributed by atoms with Gasteiger partial charge < -0.3 is 28.5 Å². The lowest BCUT2D eigenvalue weighted by molar-refractivity contribution is -0.254. The van der Waals surface area contributed by atoms with Crippen LogP contribution in [0.1, 0.15) is 87.9 Å². The summed E-state index contributed by atoms with van der Waals surface area (Å²) in [6, 6.07) is 76.7. The van der Waals surface area contributed by atoms with Gasteiger partial charge in [0.15, 0.2) is 12.2 Å². The van der Waals surface area contributed by atoms with Crippen LogP contribution in [0.4, 0.5) is 14.4 Å². The minimum Gasteiger partial charge on any atom is -0.467 e. The Bertz CT molecular complexity index is 4310. The molecule has 0 saturated carbocycles. The first-order valence-electron chi connectivity index (χ1n) is 36.6. The summed E-state index contributed by atoms with van der Waals surface area (Å²) in [6.45, 7) is 3.73. The molecule has 23 heteroatoms. The molecule has 7 heterocycles. The van der Waals surface area contributed by atoms with Crippen molar-refractivity contribution in [2.75, 3.05) is 54.3 Å². The molecule has 0 spiro atoms. The van der Waals surface area contributed by atoms with E-state index in [0.29, 0.717) is 38.4 Å². The second kappa shape index (κ2) is 41.4. The summed E-state index contributed by atoms with van der Waals surface area (Å²) in [7, 11) is 4.04. The fourth-order valence-corrected chi connectivity index (χ4v) is 13.4. The second-order valence-corrected chi connectivity index (χ2v) is 26.3. The molecule has 8 aromatic rings. The molecule has 23 nitrogen and oxygen atoms in total. The Labute approximate surface area is 641 Å². The number of benzene rings is 8. The summed E-state index contributed by atoms with van der Waals surface area (Å²) in [4.78, 5) is 104. The number of oxime groups is 1. The summed E-state index contributed by atoms with van der Waals surface area (Å²) >= 11 is 0. The second-order valence-electron chi connectivity index (χ2n) is 26.3. The van der Waals surface area contributed by atoms with Crippen LogP contribution in [0.15, 0.2) is 297 Å². The van der Waals surface area contributed by atoms with Crippen molar-refractivity contribution in [3.05, 3.63) is 336 Å². The van der Waals surface area contributed by atoms with Crippen LogP contribution < -0.4 is 11.0 Å². The third kappa shape index (κ3) is 22.3. The van der Waals surface area contributed by atoms with Crippen molar-refractivity contribution in [3.63, 3.8) is 0 Å². The molecule has 8 aromatic carbocycles. The minimum absolute atomic E-state index is 0.00184. The lowest BCUT2D eigenvalue weighted by Crippen LogP contribution is -2.55. The van der Waals surface area contributed by atoms with Crippen LogP contribution in [0.3, 0.4) is 0 Å². The number of fused-ring (bicyclic) bond motifs is 3. The fraction of sp³-hybridized carbons (Fsp3) is 0.276. The van der Waals surface area contributed by atoms with E-state index >= 15 is 0 Å². The molecule has 0 aromatic heterocycles. The maximum Gasteiger partial charge on any atom is 0.414 e. The largest absolute Gasteiger partial charge is 0.467 e. The molecule has 2 saturated heterocycles. The normalized spacial score (nSPS) is 21.6. The highest BCUT2D eigenvalue weighted by Crippen LogP contribution is 2.39. The number of hydrogen-bond donors (Lipinski definition) is 2. The van der Waals surface area contributed by atoms with E-state index in [0.717, 1.165) is 58.7 Å². The first-order chi connectivity index (χ1) is 53.9. The molecule has 4 unspecified atom stereocenters. The van der Waals surface area contributed by atoms with Crippen molar-refractivity contribution >= 4 is 41.9 Å². The predicted molar refractivity (Wildman–Crippen MR) is 413 cm³/mol. The summed E-state index contributed by atoms with van der Waals surface area (Å²) in [6.07, 6.45) is 16.0. The summed E-state index contributed by atoms with van der Waals surface area (Å²) < 4.78 is 25.7. The number of nitrogens with zero attached hydrogens (tertiary/aromatic N) is 6. The van der Waals surface area contributed by atoms with Gasteiger partial charge in [-0.3, -0.25) is 48.5 Å². The van der Waals surface area contributed by atoms with Gasteiger partial charge in [0.25, 0.3) is 5.91 Å². The van der Waals surface area contributed by atoms with Crippen molar-refractivity contribution in [1.29, 1.82) is 0 Å². The zero-order valence-electron chi connectivity index (χ0n) is 61.7. The first-order valence-corrected chi connectivity index (χ1v) is 36.6. The standard InChI is InChI=1S/C21H20N2O4.2C21H22N2O4.C20H20N2O2.C4H8O/c1-25-21(24)23-13-12-17-20(19(23)16-10-6-3-7-11-16)27-22-18(26-17)14-15-8-4-2-5-9-15;2*1-26-21(25)23-14-8-13-18(20(23)17-11-6-3-7-12-17)27-22-19(24)15-16-9-4-2-5-10-16;23-19(14-16-8-3-1-4-9-16)22-15-21-13-7-12-18(24-22)20(21)17-10-5-2-6-11-17;1-2-4-5-3-1/h2-13,17,19-20H,14H2,1H3;2-12,14,18,20H,13,15H2,1H3,(H,22,24);2-13,18,20H,14-15H2,1H3,(H,22,24);1-12,18,20H,13-15H2;1-4H2/t17?,19-,20+;2*18-,20+;;/m011../s1. The lowest BCUT2D eigenvalue weighted by Gasteiger charge is -2.46. The van der Waals surface area contributed by atoms with Gasteiger partial charge in [-0.25, -0.2) is 30.4 Å². The van der Waals surface area contributed by atoms with E-state index in [2.05, 4.69) is 45.3 Å². The van der Waals surface area contributed by atoms with Crippen LogP contribution in [0.25, 0.3) is 0 Å². The van der Waals surface area contributed by atoms with E-state index in [4.69, 9.17) is 43.0 Å². The number of hydroxylamine groups is 4. The molecule has 2 bridgehead atoms. The fourth-order valence-electron chi connectivity index (χ4n) is 13.4. The third-order valence-electron chi connectivity index (χ3n) is 18.7. The number of carbonyl (C=O) groups is 6. The number of ether oxygens (including phenoxy) is 5. The van der Waals surface area contributed by atoms with Crippen LogP contribution in [-0.2, 0) is 83.1 Å². The Morgan fingerprint density at radius 1 is 0.455 bits per heavy atom. The summed E-state index contributed by atoms with van der Waals surface area (Å²) in [5.74, 6) is 0.0206. The zero-order chi connectivity index (χ0) is 76.7. The average molecular weight is 1490 g/mol. The summed E-state index contributed by atoms with van der Waals surface area (Å²) in [5.41, 5.74) is 12.9. The van der Waals surface area contributed by atoms with Crippen LogP contribution in [0, 0.1) is 0 Å². The van der Waals surface area contributed by atoms with E-state index in [-0.39, 0.29) is 48.8 Å². The van der Waals surface area contributed by atoms with E-state index < -0.39 is 54.7 Å². The molecule has 15 rings (SSSR count). The molecule has 7 aliphatic rings. The molecule has 2 N–H and O–H groups in total. The molecule has 6 amide bonds. The first kappa shape index (κ1) is 79.1. The number of carbonyl (C=O) groups excluding carboxylic acids is 6. The van der Waals surface area contributed by atoms with E-state index in [1.807, 2.05) is 249 Å². The van der Waals surface area contributed by atoms with Crippen molar-refractivity contribution in [2.45, 2.75) is 99.6 Å². The van der Waals surface area contributed by atoms with Gasteiger partial charge in [-0.05, 0) is 69.8 Å². The Balaban J connectivity index is 0.000000142. The van der Waals surface area contributed by atoms with Crippen molar-refractivity contribution in [3.8, 4) is 0 Å². The molecule has 110 heavy (non-hydrogen) atoms. The maximum atomic E-state index is 12.6. The Morgan fingerprint density at radius 2 is 0.909 bits per heavy atom. The zero-order valence-corrected chi connectivity index (χ0v) is 61.7. The maximum absolute atomic E-state index is 12.6. The lowest BCUT2D eigenvalue weighted by atomic mass is 9.93. The van der Waals surface area contributed by atoms with Crippen LogP contribution in [0.5, 0.6) is 0 Å². The van der Waals surface area contributed by atoms with Gasteiger partial charge in [0.05, 0.1) is 65.1 Å². The molecular formula is C87H92N8O15. The smallest absolute Gasteiger partial charge is 0.414 e. The number of amides is 6. The molecule has 2 fully saturated rings. The van der Waals surface area contributed by atoms with Gasteiger partial charge in [-0.1, -0.05) is 278 Å². The van der Waals surface area contributed by atoms with E-state index in [9.17, 15) is 28.8 Å². The number of methoxy groups -OCH3 is 3. The highest BCUT2D eigenvalue weighted by Gasteiger charge is 2.45. The van der Waals surface area contributed by atoms with E-state index in [1.54, 1.807) is 23.4 Å². The monoisotopic (exact) mass is 1490 g/mol. The van der Waals surface area contributed by atoms with Gasteiger partial charge in [0, 0.05) is 38.7 Å². The highest BCUT2D eigenvalue weighted by molar-refractivity contribution is 5.80. The van der Waals surface area contributed by atoms with Gasteiger partial charge in [0.1, 0.15) is 31.0 Å². The van der Waals surface area contributed by atoms with Gasteiger partial charge in [-0.2, -0.15) is 0 Å². The topological polar surface area (TPSA) is 238 Å². The van der Waals surface area contributed by atoms with Crippen molar-refractivity contribution < 1.29 is 71.8 Å². The van der Waals surface area contributed by atoms with Crippen molar-refractivity contribution in [1.82, 2.24) is 35.6 Å². The SMILES string of the molecule is C1CCOC1.COC(=O)N1C=CC2OC(Cc3ccccc3)=NO[C@H]2[C@@H]1c1ccccc1.COC(=O)N1C=CC[C@@H](ONC(=O)Cc2ccccc2)[C@@H]1c1ccccc1.COC(=O)N1CC=C[C@@H](ONC(=O)Cc2ccccc2)[C@@H]1c1ccccc1.O=C(Cc1ccccc1)N1CN2CC=CC(O1)C2c1ccccc1. The summed E-state index contributed by atoms with van der Waals surface area (Å²) in [5, 5.41) is 5.70. The molecular weight excluding hydrogens is 1400 g/mol. The average Bonchev–Trinajstić information content (AvgIpc) is 0.806. The quantitative estimate of drug-likeness (QED) is 0.0519. The number of nitrogens with one attached hydrogen (secondary N) is 2. The van der Waals surface area contributed by atoms with Gasteiger partial charge in [-0.15, -0.1) is 0 Å². The highest BCUT2D eigenvalue weighted by atomic mass is 16.7. The molecule has 10 atom stereocenters.